The van der Waals surface area contributed by atoms with E-state index in [9.17, 15) is 9.18 Å². The van der Waals surface area contributed by atoms with E-state index in [-0.39, 0.29) is 23.7 Å². The zero-order valence-corrected chi connectivity index (χ0v) is 17.3. The summed E-state index contributed by atoms with van der Waals surface area (Å²) in [5.74, 6) is 0.950. The van der Waals surface area contributed by atoms with E-state index in [4.69, 9.17) is 4.98 Å². The van der Waals surface area contributed by atoms with E-state index in [0.29, 0.717) is 11.4 Å². The summed E-state index contributed by atoms with van der Waals surface area (Å²) in [6.45, 7) is 9.95. The lowest BCUT2D eigenvalue weighted by Crippen LogP contribution is -2.48. The number of benzene rings is 2. The van der Waals surface area contributed by atoms with Crippen LogP contribution in [0.5, 0.6) is 0 Å². The van der Waals surface area contributed by atoms with Crippen molar-refractivity contribution in [2.75, 3.05) is 18.4 Å². The molecule has 2 heterocycles. The van der Waals surface area contributed by atoms with Crippen LogP contribution >= 0.6 is 0 Å². The standard InChI is InChI=1S/C23H27FN4O/c1-13(2)28-21-8-6-18(24)10-20(21)26-22(28)16-5-7-19(14(3)9-16)27-23(29)15(4)17-11-25-12-17/h5-10,13,15,17,25H,11-12H2,1-4H3,(H,27,29). The van der Waals surface area contributed by atoms with Gasteiger partial charge in [0.25, 0.3) is 0 Å². The molecule has 0 bridgehead atoms. The molecule has 6 heteroatoms. The van der Waals surface area contributed by atoms with Gasteiger partial charge in [-0.15, -0.1) is 0 Å². The number of amides is 1. The number of hydrogen-bond acceptors (Lipinski definition) is 3. The zero-order valence-electron chi connectivity index (χ0n) is 17.3. The van der Waals surface area contributed by atoms with Crippen molar-refractivity contribution in [1.29, 1.82) is 0 Å². The number of fused-ring (bicyclic) bond motifs is 1. The molecule has 2 N–H and O–H groups in total. The number of anilines is 1. The number of aromatic nitrogens is 2. The van der Waals surface area contributed by atoms with E-state index in [1.807, 2.05) is 32.0 Å². The quantitative estimate of drug-likeness (QED) is 0.669. The summed E-state index contributed by atoms with van der Waals surface area (Å²) in [6, 6.07) is 10.8. The molecule has 1 aromatic heterocycles. The summed E-state index contributed by atoms with van der Waals surface area (Å²) in [6.07, 6.45) is 0. The molecule has 3 aromatic rings. The molecule has 1 fully saturated rings. The van der Waals surface area contributed by atoms with Crippen molar-refractivity contribution in [3.05, 3.63) is 47.8 Å². The van der Waals surface area contributed by atoms with E-state index in [2.05, 4.69) is 29.0 Å². The molecule has 1 aliphatic rings. The first-order valence-electron chi connectivity index (χ1n) is 10.1. The topological polar surface area (TPSA) is 59.0 Å². The van der Waals surface area contributed by atoms with Gasteiger partial charge in [-0.1, -0.05) is 6.92 Å². The van der Waals surface area contributed by atoms with Crippen molar-refractivity contribution >= 4 is 22.6 Å². The van der Waals surface area contributed by atoms with Crippen molar-refractivity contribution in [3.8, 4) is 11.4 Å². The number of aryl methyl sites for hydroxylation is 1. The summed E-state index contributed by atoms with van der Waals surface area (Å²) in [7, 11) is 0. The van der Waals surface area contributed by atoms with Crippen LogP contribution in [0.1, 0.15) is 32.4 Å². The summed E-state index contributed by atoms with van der Waals surface area (Å²) < 4.78 is 15.8. The second-order valence-electron chi connectivity index (χ2n) is 8.26. The van der Waals surface area contributed by atoms with Crippen LogP contribution in [0.2, 0.25) is 0 Å². The Kier molecular flexibility index (Phi) is 5.13. The normalized spacial score (nSPS) is 15.5. The first-order chi connectivity index (χ1) is 13.8. The number of rotatable bonds is 5. The van der Waals surface area contributed by atoms with E-state index in [0.717, 1.165) is 41.2 Å². The maximum Gasteiger partial charge on any atom is 0.227 e. The number of carbonyl (C=O) groups excluding carboxylic acids is 1. The van der Waals surface area contributed by atoms with E-state index < -0.39 is 0 Å². The average Bonchev–Trinajstić information content (AvgIpc) is 3.00. The third-order valence-electron chi connectivity index (χ3n) is 5.84. The monoisotopic (exact) mass is 394 g/mol. The molecule has 0 aliphatic carbocycles. The summed E-state index contributed by atoms with van der Waals surface area (Å²) in [5, 5.41) is 6.28. The molecular weight excluding hydrogens is 367 g/mol. The van der Waals surface area contributed by atoms with Crippen molar-refractivity contribution < 1.29 is 9.18 Å². The Morgan fingerprint density at radius 1 is 1.21 bits per heavy atom. The van der Waals surface area contributed by atoms with Crippen LogP contribution in [0.4, 0.5) is 10.1 Å². The number of carbonyl (C=O) groups is 1. The Hall–Kier alpha value is -2.73. The minimum Gasteiger partial charge on any atom is -0.326 e. The van der Waals surface area contributed by atoms with Gasteiger partial charge in [0.1, 0.15) is 11.6 Å². The predicted molar refractivity (Wildman–Crippen MR) is 114 cm³/mol. The van der Waals surface area contributed by atoms with Gasteiger partial charge in [-0.3, -0.25) is 4.79 Å². The minimum absolute atomic E-state index is 0.0182. The van der Waals surface area contributed by atoms with Crippen LogP contribution in [0.3, 0.4) is 0 Å². The number of nitrogens with one attached hydrogen (secondary N) is 2. The number of hydrogen-bond donors (Lipinski definition) is 2. The lowest BCUT2D eigenvalue weighted by atomic mass is 9.88. The second-order valence-corrected chi connectivity index (χ2v) is 8.26. The van der Waals surface area contributed by atoms with Gasteiger partial charge in [-0.2, -0.15) is 0 Å². The first kappa shape index (κ1) is 19.6. The Morgan fingerprint density at radius 2 is 1.97 bits per heavy atom. The van der Waals surface area contributed by atoms with Crippen LogP contribution in [-0.2, 0) is 4.79 Å². The summed E-state index contributed by atoms with van der Waals surface area (Å²) >= 11 is 0. The third kappa shape index (κ3) is 3.65. The molecule has 4 rings (SSSR count). The van der Waals surface area contributed by atoms with Gasteiger partial charge in [-0.05, 0) is 75.7 Å². The lowest BCUT2D eigenvalue weighted by Gasteiger charge is -2.31. The molecular formula is C23H27FN4O. The zero-order chi connectivity index (χ0) is 20.7. The molecule has 0 saturated carbocycles. The average molecular weight is 394 g/mol. The highest BCUT2D eigenvalue weighted by Crippen LogP contribution is 2.31. The third-order valence-corrected chi connectivity index (χ3v) is 5.84. The Bertz CT molecular complexity index is 1070. The van der Waals surface area contributed by atoms with Crippen molar-refractivity contribution in [2.45, 2.75) is 33.7 Å². The molecule has 1 atom stereocenters. The maximum absolute atomic E-state index is 13.7. The van der Waals surface area contributed by atoms with Crippen LogP contribution in [-0.4, -0.2) is 28.5 Å². The van der Waals surface area contributed by atoms with Crippen molar-refractivity contribution in [2.24, 2.45) is 11.8 Å². The molecule has 1 unspecified atom stereocenters. The molecule has 0 radical (unpaired) electrons. The van der Waals surface area contributed by atoms with E-state index in [1.54, 1.807) is 6.07 Å². The largest absolute Gasteiger partial charge is 0.326 e. The smallest absolute Gasteiger partial charge is 0.227 e. The fourth-order valence-corrected chi connectivity index (χ4v) is 3.87. The molecule has 152 valence electrons. The highest BCUT2D eigenvalue weighted by atomic mass is 19.1. The molecule has 0 spiro atoms. The number of imidazole rings is 1. The van der Waals surface area contributed by atoms with E-state index >= 15 is 0 Å². The van der Waals surface area contributed by atoms with Crippen LogP contribution in [0, 0.1) is 24.6 Å². The molecule has 2 aromatic carbocycles. The minimum atomic E-state index is -0.289. The number of halogens is 1. The number of nitrogens with zero attached hydrogens (tertiary/aromatic N) is 2. The maximum atomic E-state index is 13.7. The van der Waals surface area contributed by atoms with Gasteiger partial charge < -0.3 is 15.2 Å². The summed E-state index contributed by atoms with van der Waals surface area (Å²) in [5.41, 5.74) is 4.29. The predicted octanol–water partition coefficient (Wildman–Crippen LogP) is 4.53. The summed E-state index contributed by atoms with van der Waals surface area (Å²) in [4.78, 5) is 17.3. The molecule has 1 saturated heterocycles. The second kappa shape index (κ2) is 7.59. The van der Waals surface area contributed by atoms with Gasteiger partial charge in [0.2, 0.25) is 5.91 Å². The molecule has 5 nitrogen and oxygen atoms in total. The van der Waals surface area contributed by atoms with Crippen molar-refractivity contribution in [1.82, 2.24) is 14.9 Å². The molecule has 1 aliphatic heterocycles. The van der Waals surface area contributed by atoms with Crippen LogP contribution in [0.25, 0.3) is 22.4 Å². The highest BCUT2D eigenvalue weighted by Gasteiger charge is 2.29. The molecule has 29 heavy (non-hydrogen) atoms. The molecule has 1 amide bonds. The van der Waals surface area contributed by atoms with Gasteiger partial charge in [0.05, 0.1) is 11.0 Å². The lowest BCUT2D eigenvalue weighted by molar-refractivity contribution is -0.121. The Balaban J connectivity index is 1.65. The van der Waals surface area contributed by atoms with Crippen LogP contribution in [0.15, 0.2) is 36.4 Å². The van der Waals surface area contributed by atoms with Crippen molar-refractivity contribution in [3.63, 3.8) is 0 Å². The van der Waals surface area contributed by atoms with Gasteiger partial charge in [0.15, 0.2) is 0 Å². The van der Waals surface area contributed by atoms with Gasteiger partial charge in [-0.25, -0.2) is 9.37 Å². The van der Waals surface area contributed by atoms with E-state index in [1.165, 1.54) is 12.1 Å². The Labute approximate surface area is 170 Å². The SMILES string of the molecule is Cc1cc(-c2nc3cc(F)ccc3n2C(C)C)ccc1NC(=O)C(C)C1CNC1. The first-order valence-corrected chi connectivity index (χ1v) is 10.1. The van der Waals surface area contributed by atoms with Crippen LogP contribution < -0.4 is 10.6 Å². The fraction of sp³-hybridized carbons (Fsp3) is 0.391. The highest BCUT2D eigenvalue weighted by molar-refractivity contribution is 5.93. The van der Waals surface area contributed by atoms with Gasteiger partial charge >= 0.3 is 0 Å². The Morgan fingerprint density at radius 3 is 2.59 bits per heavy atom. The fourth-order valence-electron chi connectivity index (χ4n) is 3.87. The van der Waals surface area contributed by atoms with Gasteiger partial charge in [0, 0.05) is 29.3 Å².